The minimum Gasteiger partial charge on any atom is -0.383 e. The fraction of sp³-hybridized carbons (Fsp3) is 0.800. The lowest BCUT2D eigenvalue weighted by Crippen LogP contribution is -2.39. The van der Waals surface area contributed by atoms with Crippen LogP contribution in [0.15, 0.2) is 5.38 Å². The van der Waals surface area contributed by atoms with Gasteiger partial charge < -0.3 is 10.1 Å². The van der Waals surface area contributed by atoms with Crippen molar-refractivity contribution in [1.82, 2.24) is 10.3 Å². The molecule has 0 unspecified atom stereocenters. The Morgan fingerprint density at radius 3 is 2.79 bits per heavy atom. The van der Waals surface area contributed by atoms with E-state index in [1.165, 1.54) is 42.8 Å². The topological polar surface area (TPSA) is 34.1 Å². The average molecular weight is 282 g/mol. The molecule has 0 spiro atoms. The quantitative estimate of drug-likeness (QED) is 0.780. The van der Waals surface area contributed by atoms with E-state index in [1.807, 2.05) is 11.3 Å². The van der Waals surface area contributed by atoms with Gasteiger partial charge in [-0.2, -0.15) is 0 Å². The smallest absolute Gasteiger partial charge is 0.0934 e. The molecule has 108 valence electrons. The van der Waals surface area contributed by atoms with Gasteiger partial charge in [-0.3, -0.25) is 0 Å². The minimum absolute atomic E-state index is 0.427. The molecular formula is C15H26N2OS. The highest BCUT2D eigenvalue weighted by Gasteiger charge is 2.32. The third-order valence-electron chi connectivity index (χ3n) is 4.09. The molecule has 1 heterocycles. The molecule has 2 rings (SSSR count). The van der Waals surface area contributed by atoms with Crippen molar-refractivity contribution in [3.05, 3.63) is 16.1 Å². The molecule has 0 amide bonds. The van der Waals surface area contributed by atoms with Crippen LogP contribution >= 0.6 is 11.3 Å². The molecule has 1 saturated carbocycles. The molecular weight excluding hydrogens is 256 g/mol. The number of nitrogens with one attached hydrogen (secondary N) is 1. The Morgan fingerprint density at radius 1 is 1.37 bits per heavy atom. The molecule has 3 nitrogen and oxygen atoms in total. The summed E-state index contributed by atoms with van der Waals surface area (Å²) in [7, 11) is 1.76. The van der Waals surface area contributed by atoms with E-state index < -0.39 is 0 Å². The van der Waals surface area contributed by atoms with Crippen molar-refractivity contribution in [1.29, 1.82) is 0 Å². The van der Waals surface area contributed by atoms with Crippen LogP contribution in [0.2, 0.25) is 0 Å². The van der Waals surface area contributed by atoms with Crippen LogP contribution in [0.5, 0.6) is 0 Å². The molecule has 19 heavy (non-hydrogen) atoms. The molecule has 0 aliphatic heterocycles. The summed E-state index contributed by atoms with van der Waals surface area (Å²) in [5.41, 5.74) is 1.59. The van der Waals surface area contributed by atoms with Gasteiger partial charge in [0.25, 0.3) is 0 Å². The van der Waals surface area contributed by atoms with Crippen molar-refractivity contribution < 1.29 is 4.74 Å². The highest BCUT2D eigenvalue weighted by Crippen LogP contribution is 2.39. The Labute approximate surface area is 120 Å². The van der Waals surface area contributed by atoms with Crippen LogP contribution < -0.4 is 5.32 Å². The first-order valence-corrected chi connectivity index (χ1v) is 8.23. The fourth-order valence-electron chi connectivity index (χ4n) is 3.05. The highest BCUT2D eigenvalue weighted by atomic mass is 32.1. The van der Waals surface area contributed by atoms with Gasteiger partial charge in [-0.25, -0.2) is 4.98 Å². The Morgan fingerprint density at radius 2 is 2.16 bits per heavy atom. The largest absolute Gasteiger partial charge is 0.383 e. The van der Waals surface area contributed by atoms with Crippen molar-refractivity contribution in [3.8, 4) is 0 Å². The first-order chi connectivity index (χ1) is 9.24. The van der Waals surface area contributed by atoms with Crippen molar-refractivity contribution >= 4 is 11.3 Å². The summed E-state index contributed by atoms with van der Waals surface area (Å²) in [6, 6.07) is 0. The van der Waals surface area contributed by atoms with Crippen molar-refractivity contribution in [2.45, 2.75) is 45.4 Å². The van der Waals surface area contributed by atoms with Gasteiger partial charge >= 0.3 is 0 Å². The molecule has 1 aliphatic rings. The Bertz CT molecular complexity index is 372. The number of rotatable bonds is 7. The van der Waals surface area contributed by atoms with Crippen LogP contribution in [0.1, 0.15) is 42.8 Å². The molecule has 0 saturated heterocycles. The zero-order valence-corrected chi connectivity index (χ0v) is 13.0. The molecule has 1 aromatic rings. The second kappa shape index (κ2) is 7.36. The van der Waals surface area contributed by atoms with Crippen LogP contribution in [0.25, 0.3) is 0 Å². The Hall–Kier alpha value is -0.450. The number of aryl methyl sites for hydroxylation is 1. The summed E-state index contributed by atoms with van der Waals surface area (Å²) in [6.45, 7) is 4.95. The minimum atomic E-state index is 0.427. The number of thiazole rings is 1. The van der Waals surface area contributed by atoms with E-state index in [1.54, 1.807) is 7.11 Å². The molecule has 4 heteroatoms. The van der Waals surface area contributed by atoms with Crippen molar-refractivity contribution in [2.24, 2.45) is 5.41 Å². The molecule has 1 N–H and O–H groups in total. The van der Waals surface area contributed by atoms with Crippen molar-refractivity contribution in [2.75, 3.05) is 26.8 Å². The summed E-state index contributed by atoms with van der Waals surface area (Å²) in [4.78, 5) is 4.66. The summed E-state index contributed by atoms with van der Waals surface area (Å²) in [5, 5.41) is 7.06. The third-order valence-corrected chi connectivity index (χ3v) is 5.06. The maximum Gasteiger partial charge on any atom is 0.0934 e. The molecule has 1 aliphatic carbocycles. The number of nitrogens with zero attached hydrogens (tertiary/aromatic N) is 1. The first kappa shape index (κ1) is 14.9. The lowest BCUT2D eigenvalue weighted by molar-refractivity contribution is 0.162. The summed E-state index contributed by atoms with van der Waals surface area (Å²) in [5.74, 6) is 0. The van der Waals surface area contributed by atoms with E-state index in [0.717, 1.165) is 26.1 Å². The lowest BCUT2D eigenvalue weighted by atomic mass is 9.72. The molecule has 0 radical (unpaired) electrons. The van der Waals surface area contributed by atoms with Crippen LogP contribution in [0.3, 0.4) is 0 Å². The highest BCUT2D eigenvalue weighted by molar-refractivity contribution is 7.09. The SMILES string of the molecule is COCCNCC1(Cc2nc(C)cs2)CCCCC1. The maximum atomic E-state index is 5.11. The Kier molecular flexibility index (Phi) is 5.79. The van der Waals surface area contributed by atoms with Gasteiger partial charge in [-0.15, -0.1) is 11.3 Å². The predicted molar refractivity (Wildman–Crippen MR) is 80.8 cm³/mol. The number of hydrogen-bond acceptors (Lipinski definition) is 4. The van der Waals surface area contributed by atoms with E-state index in [9.17, 15) is 0 Å². The second-order valence-corrected chi connectivity index (χ2v) is 6.73. The Balaban J connectivity index is 1.93. The van der Waals surface area contributed by atoms with E-state index >= 15 is 0 Å². The zero-order chi connectivity index (χ0) is 13.6. The van der Waals surface area contributed by atoms with Crippen LogP contribution in [-0.4, -0.2) is 31.8 Å². The summed E-state index contributed by atoms with van der Waals surface area (Å²) >= 11 is 1.82. The van der Waals surface area contributed by atoms with E-state index in [0.29, 0.717) is 5.41 Å². The summed E-state index contributed by atoms with van der Waals surface area (Å²) < 4.78 is 5.11. The van der Waals surface area contributed by atoms with E-state index in [4.69, 9.17) is 4.74 Å². The van der Waals surface area contributed by atoms with Gasteiger partial charge in [0.05, 0.1) is 11.6 Å². The van der Waals surface area contributed by atoms with Gasteiger partial charge in [-0.05, 0) is 25.2 Å². The van der Waals surface area contributed by atoms with Gasteiger partial charge in [0, 0.05) is 37.7 Å². The molecule has 1 fully saturated rings. The fourth-order valence-corrected chi connectivity index (χ4v) is 4.00. The average Bonchev–Trinajstić information content (AvgIpc) is 2.81. The molecule has 0 bridgehead atoms. The molecule has 1 aromatic heterocycles. The standard InChI is InChI=1S/C15H26N2OS/c1-13-11-19-14(17-13)10-15(6-4-3-5-7-15)12-16-8-9-18-2/h11,16H,3-10,12H2,1-2H3. The number of hydrogen-bond donors (Lipinski definition) is 1. The summed E-state index contributed by atoms with van der Waals surface area (Å²) in [6.07, 6.45) is 7.96. The van der Waals surface area contributed by atoms with Gasteiger partial charge in [-0.1, -0.05) is 19.3 Å². The lowest BCUT2D eigenvalue weighted by Gasteiger charge is -2.37. The normalized spacial score (nSPS) is 18.6. The van der Waals surface area contributed by atoms with E-state index in [2.05, 4.69) is 22.6 Å². The van der Waals surface area contributed by atoms with Crippen LogP contribution in [0, 0.1) is 12.3 Å². The monoisotopic (exact) mass is 282 g/mol. The van der Waals surface area contributed by atoms with Crippen molar-refractivity contribution in [3.63, 3.8) is 0 Å². The van der Waals surface area contributed by atoms with Gasteiger partial charge in [0.15, 0.2) is 0 Å². The van der Waals surface area contributed by atoms with Gasteiger partial charge in [0.2, 0.25) is 0 Å². The van der Waals surface area contributed by atoms with Crippen LogP contribution in [-0.2, 0) is 11.2 Å². The molecule has 0 aromatic carbocycles. The van der Waals surface area contributed by atoms with E-state index in [-0.39, 0.29) is 0 Å². The van der Waals surface area contributed by atoms with Gasteiger partial charge in [0.1, 0.15) is 0 Å². The maximum absolute atomic E-state index is 5.11. The number of ether oxygens (including phenoxy) is 1. The van der Waals surface area contributed by atoms with Crippen LogP contribution in [0.4, 0.5) is 0 Å². The second-order valence-electron chi connectivity index (χ2n) is 5.79. The molecule has 0 atom stereocenters. The number of methoxy groups -OCH3 is 1. The first-order valence-electron chi connectivity index (χ1n) is 7.35. The third kappa shape index (κ3) is 4.55. The number of aromatic nitrogens is 1. The zero-order valence-electron chi connectivity index (χ0n) is 12.2. The predicted octanol–water partition coefficient (Wildman–Crippen LogP) is 3.18.